The molecule has 0 heterocycles. The van der Waals surface area contributed by atoms with E-state index >= 15 is 0 Å². The molecule has 0 N–H and O–H groups in total. The average Bonchev–Trinajstić information content (AvgIpc) is 2.44. The normalized spacial score (nSPS) is 12.3. The first-order valence-corrected chi connectivity index (χ1v) is 9.10. The Bertz CT molecular complexity index is 680. The van der Waals surface area contributed by atoms with Crippen LogP contribution in [0.5, 0.6) is 5.75 Å². The van der Waals surface area contributed by atoms with Crippen molar-refractivity contribution in [3.05, 3.63) is 61.0 Å². The number of alkyl halides is 1. The summed E-state index contributed by atoms with van der Waals surface area (Å²) in [5.41, 5.74) is 5.91. The lowest BCUT2D eigenvalue weighted by atomic mass is 9.96. The van der Waals surface area contributed by atoms with Gasteiger partial charge in [0.1, 0.15) is 5.75 Å². The molecule has 0 aliphatic heterocycles. The predicted molar refractivity (Wildman–Crippen MR) is 99.8 cm³/mol. The first-order valence-electron chi connectivity index (χ1n) is 6.60. The summed E-state index contributed by atoms with van der Waals surface area (Å²) in [6, 6.07) is 8.48. The first kappa shape index (κ1) is 17.0. The topological polar surface area (TPSA) is 9.23 Å². The van der Waals surface area contributed by atoms with Crippen molar-refractivity contribution in [3.8, 4) is 5.75 Å². The van der Waals surface area contributed by atoms with Crippen LogP contribution in [0.1, 0.15) is 32.6 Å². The molecule has 0 radical (unpaired) electrons. The molecule has 1 nitrogen and oxygen atoms in total. The minimum absolute atomic E-state index is 0.0675. The van der Waals surface area contributed by atoms with E-state index in [1.54, 1.807) is 7.11 Å². The van der Waals surface area contributed by atoms with Crippen LogP contribution in [0.3, 0.4) is 0 Å². The number of rotatable bonds is 3. The zero-order valence-electron chi connectivity index (χ0n) is 12.4. The van der Waals surface area contributed by atoms with Crippen molar-refractivity contribution in [2.45, 2.75) is 25.6 Å². The lowest BCUT2D eigenvalue weighted by Crippen LogP contribution is -2.03. The summed E-state index contributed by atoms with van der Waals surface area (Å²) in [4.78, 5) is 0.0675. The van der Waals surface area contributed by atoms with E-state index in [2.05, 4.69) is 92.8 Å². The maximum Gasteiger partial charge on any atom is 0.126 e. The molecule has 1 atom stereocenters. The zero-order chi connectivity index (χ0) is 15.7. The molecule has 112 valence electrons. The van der Waals surface area contributed by atoms with Crippen LogP contribution < -0.4 is 4.74 Å². The van der Waals surface area contributed by atoms with Crippen molar-refractivity contribution in [2.24, 2.45) is 0 Å². The molecule has 1 unspecified atom stereocenters. The Morgan fingerprint density at radius 1 is 1.00 bits per heavy atom. The Morgan fingerprint density at radius 3 is 2.29 bits per heavy atom. The Morgan fingerprint density at radius 2 is 1.67 bits per heavy atom. The second kappa shape index (κ2) is 6.84. The average molecular weight is 477 g/mol. The van der Waals surface area contributed by atoms with Gasteiger partial charge in [-0.3, -0.25) is 0 Å². The van der Waals surface area contributed by atoms with Gasteiger partial charge in [-0.15, -0.1) is 0 Å². The van der Waals surface area contributed by atoms with E-state index < -0.39 is 0 Å². The highest BCUT2D eigenvalue weighted by Gasteiger charge is 2.23. The molecule has 0 amide bonds. The van der Waals surface area contributed by atoms with Crippen molar-refractivity contribution < 1.29 is 4.74 Å². The number of methoxy groups -OCH3 is 1. The van der Waals surface area contributed by atoms with Crippen LogP contribution in [-0.2, 0) is 0 Å². The van der Waals surface area contributed by atoms with E-state index in [9.17, 15) is 0 Å². The smallest absolute Gasteiger partial charge is 0.126 e. The molecule has 0 fully saturated rings. The molecule has 2 aromatic carbocycles. The second-order valence-electron chi connectivity index (χ2n) is 5.13. The number of aryl methyl sites for hydroxylation is 2. The Balaban J connectivity index is 2.68. The first-order chi connectivity index (χ1) is 9.86. The molecule has 4 heteroatoms. The quantitative estimate of drug-likeness (QED) is 0.452. The van der Waals surface area contributed by atoms with Crippen LogP contribution >= 0.6 is 47.8 Å². The Hall–Kier alpha value is -0.320. The molecular formula is C17H17Br3O. The lowest BCUT2D eigenvalue weighted by Gasteiger charge is -2.21. The molecule has 0 saturated carbocycles. The number of hydrogen-bond donors (Lipinski definition) is 0. The fourth-order valence-corrected chi connectivity index (χ4v) is 4.73. The summed E-state index contributed by atoms with van der Waals surface area (Å²) in [6.45, 7) is 6.28. The highest BCUT2D eigenvalue weighted by atomic mass is 79.9. The van der Waals surface area contributed by atoms with Crippen LogP contribution in [0, 0.1) is 20.8 Å². The van der Waals surface area contributed by atoms with E-state index in [-0.39, 0.29) is 4.83 Å². The summed E-state index contributed by atoms with van der Waals surface area (Å²) in [5.74, 6) is 0.936. The predicted octanol–water partition coefficient (Wildman–Crippen LogP) is 6.63. The van der Waals surface area contributed by atoms with Gasteiger partial charge in [0.25, 0.3) is 0 Å². The van der Waals surface area contributed by atoms with Gasteiger partial charge in [0.05, 0.1) is 11.9 Å². The largest absolute Gasteiger partial charge is 0.496 e. The standard InChI is InChI=1S/C17H17Br3O/c1-9-5-6-13(18)12(7-9)16(20)15-11(3)14(19)8-10(2)17(15)21-4/h5-8,16H,1-4H3. The van der Waals surface area contributed by atoms with E-state index in [0.29, 0.717) is 0 Å². The van der Waals surface area contributed by atoms with Gasteiger partial charge in [-0.2, -0.15) is 0 Å². The van der Waals surface area contributed by atoms with Gasteiger partial charge in [-0.05, 0) is 49.6 Å². The second-order valence-corrected chi connectivity index (χ2v) is 7.76. The number of hydrogen-bond acceptors (Lipinski definition) is 1. The fraction of sp³-hybridized carbons (Fsp3) is 0.294. The van der Waals surface area contributed by atoms with Crippen molar-refractivity contribution in [2.75, 3.05) is 7.11 Å². The van der Waals surface area contributed by atoms with Crippen LogP contribution in [0.25, 0.3) is 0 Å². The van der Waals surface area contributed by atoms with Crippen LogP contribution in [-0.4, -0.2) is 7.11 Å². The SMILES string of the molecule is COc1c(C)cc(Br)c(C)c1C(Br)c1cc(C)ccc1Br. The summed E-state index contributed by atoms with van der Waals surface area (Å²) in [7, 11) is 1.73. The summed E-state index contributed by atoms with van der Waals surface area (Å²) in [5, 5.41) is 0. The molecule has 0 bridgehead atoms. The minimum Gasteiger partial charge on any atom is -0.496 e. The molecule has 2 rings (SSSR count). The summed E-state index contributed by atoms with van der Waals surface area (Å²) < 4.78 is 7.85. The summed E-state index contributed by atoms with van der Waals surface area (Å²) >= 11 is 11.2. The van der Waals surface area contributed by atoms with E-state index in [1.165, 1.54) is 16.7 Å². The Labute approximate surface area is 151 Å². The van der Waals surface area contributed by atoms with Crippen molar-refractivity contribution in [3.63, 3.8) is 0 Å². The number of benzene rings is 2. The van der Waals surface area contributed by atoms with E-state index in [0.717, 1.165) is 25.8 Å². The highest BCUT2D eigenvalue weighted by molar-refractivity contribution is 9.11. The third-order valence-electron chi connectivity index (χ3n) is 3.59. The maximum absolute atomic E-state index is 5.66. The molecule has 0 aliphatic rings. The van der Waals surface area contributed by atoms with Crippen molar-refractivity contribution in [1.29, 1.82) is 0 Å². The van der Waals surface area contributed by atoms with Gasteiger partial charge >= 0.3 is 0 Å². The van der Waals surface area contributed by atoms with Crippen LogP contribution in [0.2, 0.25) is 0 Å². The molecule has 0 saturated heterocycles. The molecule has 21 heavy (non-hydrogen) atoms. The van der Waals surface area contributed by atoms with Gasteiger partial charge in [-0.1, -0.05) is 65.5 Å². The number of ether oxygens (including phenoxy) is 1. The van der Waals surface area contributed by atoms with Gasteiger partial charge in [0, 0.05) is 14.5 Å². The summed E-state index contributed by atoms with van der Waals surface area (Å²) in [6.07, 6.45) is 0. The fourth-order valence-electron chi connectivity index (χ4n) is 2.46. The Kier molecular flexibility index (Phi) is 5.55. The van der Waals surface area contributed by atoms with E-state index in [1.807, 2.05) is 0 Å². The van der Waals surface area contributed by atoms with Crippen molar-refractivity contribution >= 4 is 47.8 Å². The number of halogens is 3. The maximum atomic E-state index is 5.66. The third-order valence-corrected chi connectivity index (χ3v) is 6.09. The van der Waals surface area contributed by atoms with Crippen LogP contribution in [0.15, 0.2) is 33.2 Å². The van der Waals surface area contributed by atoms with E-state index in [4.69, 9.17) is 4.74 Å². The lowest BCUT2D eigenvalue weighted by molar-refractivity contribution is 0.406. The molecule has 0 spiro atoms. The molecular weight excluding hydrogens is 460 g/mol. The van der Waals surface area contributed by atoms with Gasteiger partial charge in [0.2, 0.25) is 0 Å². The van der Waals surface area contributed by atoms with Gasteiger partial charge < -0.3 is 4.74 Å². The van der Waals surface area contributed by atoms with Gasteiger partial charge in [-0.25, -0.2) is 0 Å². The highest BCUT2D eigenvalue weighted by Crippen LogP contribution is 2.44. The monoisotopic (exact) mass is 474 g/mol. The van der Waals surface area contributed by atoms with Gasteiger partial charge in [0.15, 0.2) is 0 Å². The van der Waals surface area contributed by atoms with Crippen LogP contribution in [0.4, 0.5) is 0 Å². The zero-order valence-corrected chi connectivity index (χ0v) is 17.2. The molecule has 0 aromatic heterocycles. The minimum atomic E-state index is 0.0675. The third kappa shape index (κ3) is 3.38. The van der Waals surface area contributed by atoms with Crippen molar-refractivity contribution in [1.82, 2.24) is 0 Å². The molecule has 0 aliphatic carbocycles. The molecule has 2 aromatic rings.